The van der Waals surface area contributed by atoms with Gasteiger partial charge in [0.15, 0.2) is 23.0 Å². The summed E-state index contributed by atoms with van der Waals surface area (Å²) in [7, 11) is 3.44. The van der Waals surface area contributed by atoms with Crippen LogP contribution in [0.25, 0.3) is 11.3 Å². The van der Waals surface area contributed by atoms with Crippen LogP contribution in [0.4, 0.5) is 0 Å². The van der Waals surface area contributed by atoms with Gasteiger partial charge >= 0.3 is 0 Å². The molecule has 5 nitrogen and oxygen atoms in total. The molecule has 5 heteroatoms. The average Bonchev–Trinajstić information content (AvgIpc) is 3.34. The fourth-order valence-electron chi connectivity index (χ4n) is 5.72. The first-order chi connectivity index (χ1) is 16.7. The molecule has 0 aliphatic carbocycles. The molecule has 3 heterocycles. The molecule has 0 bridgehead atoms. The molecular formula is C29H29NO4. The van der Waals surface area contributed by atoms with Crippen LogP contribution < -0.4 is 18.9 Å². The highest BCUT2D eigenvalue weighted by Crippen LogP contribution is 2.53. The molecular weight excluding hydrogens is 426 g/mol. The molecule has 0 aromatic heterocycles. The van der Waals surface area contributed by atoms with Crippen LogP contribution in [0.1, 0.15) is 47.2 Å². The normalized spacial score (nSPS) is 17.7. The minimum atomic E-state index is 0.161. The fraction of sp³-hybridized carbons (Fsp3) is 0.310. The maximum Gasteiger partial charge on any atom is 0.231 e. The predicted molar refractivity (Wildman–Crippen MR) is 133 cm³/mol. The number of methoxy groups -OCH3 is 2. The fourth-order valence-corrected chi connectivity index (χ4v) is 5.72. The minimum Gasteiger partial charge on any atom is -0.493 e. The zero-order chi connectivity index (χ0) is 23.2. The summed E-state index contributed by atoms with van der Waals surface area (Å²) in [6, 6.07) is 19.5. The molecule has 0 amide bonds. The highest BCUT2D eigenvalue weighted by molar-refractivity contribution is 5.95. The van der Waals surface area contributed by atoms with Gasteiger partial charge in [0.05, 0.1) is 20.3 Å². The van der Waals surface area contributed by atoms with Gasteiger partial charge in [-0.3, -0.25) is 0 Å². The lowest BCUT2D eigenvalue weighted by Crippen LogP contribution is -2.36. The number of ether oxygens (including phenoxy) is 4. The molecule has 174 valence electrons. The topological polar surface area (TPSA) is 40.2 Å². The van der Waals surface area contributed by atoms with Gasteiger partial charge in [0.1, 0.15) is 0 Å². The van der Waals surface area contributed by atoms with Crippen molar-refractivity contribution in [2.24, 2.45) is 0 Å². The lowest BCUT2D eigenvalue weighted by Gasteiger charge is -2.44. The molecule has 0 fully saturated rings. The number of hydrogen-bond acceptors (Lipinski definition) is 5. The van der Waals surface area contributed by atoms with Gasteiger partial charge in [0, 0.05) is 23.4 Å². The second-order valence-corrected chi connectivity index (χ2v) is 9.06. The molecule has 34 heavy (non-hydrogen) atoms. The van der Waals surface area contributed by atoms with Crippen molar-refractivity contribution in [1.29, 1.82) is 0 Å². The Morgan fingerprint density at radius 1 is 0.912 bits per heavy atom. The van der Waals surface area contributed by atoms with E-state index in [0.29, 0.717) is 0 Å². The summed E-state index contributed by atoms with van der Waals surface area (Å²) in [5.74, 6) is 3.30. The molecule has 0 spiro atoms. The first kappa shape index (κ1) is 21.0. The van der Waals surface area contributed by atoms with Crippen LogP contribution in [0, 0.1) is 0 Å². The van der Waals surface area contributed by atoms with Crippen molar-refractivity contribution in [3.05, 3.63) is 82.4 Å². The van der Waals surface area contributed by atoms with Gasteiger partial charge in [-0.25, -0.2) is 0 Å². The van der Waals surface area contributed by atoms with Crippen molar-refractivity contribution in [2.45, 2.75) is 32.2 Å². The Balaban J connectivity index is 1.57. The number of allylic oxidation sites excluding steroid dienone is 1. The maximum absolute atomic E-state index is 5.92. The second-order valence-electron chi connectivity index (χ2n) is 9.06. The Labute approximate surface area is 200 Å². The van der Waals surface area contributed by atoms with Gasteiger partial charge in [-0.15, -0.1) is 0 Å². The Hall–Kier alpha value is -3.60. The molecule has 0 saturated carbocycles. The van der Waals surface area contributed by atoms with Crippen LogP contribution >= 0.6 is 0 Å². The van der Waals surface area contributed by atoms with Gasteiger partial charge in [0.2, 0.25) is 6.79 Å². The number of rotatable bonds is 5. The van der Waals surface area contributed by atoms with Crippen molar-refractivity contribution < 1.29 is 18.9 Å². The molecule has 3 aliphatic rings. The summed E-state index contributed by atoms with van der Waals surface area (Å²) < 4.78 is 23.0. The van der Waals surface area contributed by atoms with E-state index in [-0.39, 0.29) is 12.8 Å². The third-order valence-corrected chi connectivity index (χ3v) is 7.35. The summed E-state index contributed by atoms with van der Waals surface area (Å²) in [6.07, 6.45) is 2.86. The van der Waals surface area contributed by atoms with Crippen LogP contribution in [-0.4, -0.2) is 32.5 Å². The maximum atomic E-state index is 5.92. The van der Waals surface area contributed by atoms with E-state index in [2.05, 4.69) is 60.4 Å². The Morgan fingerprint density at radius 2 is 1.71 bits per heavy atom. The van der Waals surface area contributed by atoms with Crippen molar-refractivity contribution in [3.8, 4) is 23.0 Å². The highest BCUT2D eigenvalue weighted by Gasteiger charge is 2.37. The second kappa shape index (κ2) is 8.32. The number of aryl methyl sites for hydroxylation is 1. The molecule has 0 saturated heterocycles. The standard InChI is InChI=1S/C29H29NO4/c1-18-27-21(11-12-24(31-2)29(27)32-3)22(10-9-19-7-5-4-6-8-19)28-23-16-26-25(33-17-34-26)15-20(23)13-14-30(18)28/h4-8,11-12,15-16,18H,9-10,13-14,17H2,1-3H3/t18-/m0/s1. The average molecular weight is 456 g/mol. The molecule has 0 radical (unpaired) electrons. The monoisotopic (exact) mass is 455 g/mol. The number of hydrogen-bond donors (Lipinski definition) is 0. The van der Waals surface area contributed by atoms with Gasteiger partial charge in [-0.05, 0) is 66.6 Å². The quantitative estimate of drug-likeness (QED) is 0.481. The van der Waals surface area contributed by atoms with Crippen LogP contribution in [0.3, 0.4) is 0 Å². The molecule has 3 aromatic rings. The summed E-state index contributed by atoms with van der Waals surface area (Å²) in [5, 5.41) is 0. The largest absolute Gasteiger partial charge is 0.493 e. The molecule has 0 unspecified atom stereocenters. The number of nitrogens with zero attached hydrogens (tertiary/aromatic N) is 1. The summed E-state index contributed by atoms with van der Waals surface area (Å²) in [6.45, 7) is 3.50. The van der Waals surface area contributed by atoms with E-state index in [1.807, 2.05) is 6.07 Å². The third-order valence-electron chi connectivity index (χ3n) is 7.35. The number of fused-ring (bicyclic) bond motifs is 5. The Kier molecular flexibility index (Phi) is 5.13. The Morgan fingerprint density at radius 3 is 2.47 bits per heavy atom. The lowest BCUT2D eigenvalue weighted by atomic mass is 9.80. The third kappa shape index (κ3) is 3.22. The molecule has 3 aromatic carbocycles. The smallest absolute Gasteiger partial charge is 0.231 e. The molecule has 3 aliphatic heterocycles. The summed E-state index contributed by atoms with van der Waals surface area (Å²) in [4.78, 5) is 2.54. The van der Waals surface area contributed by atoms with Gasteiger partial charge < -0.3 is 23.8 Å². The molecule has 1 atom stereocenters. The zero-order valence-electron chi connectivity index (χ0n) is 19.9. The first-order valence-electron chi connectivity index (χ1n) is 11.9. The van der Waals surface area contributed by atoms with Crippen LogP contribution in [-0.2, 0) is 12.8 Å². The van der Waals surface area contributed by atoms with Crippen molar-refractivity contribution >= 4 is 11.3 Å². The van der Waals surface area contributed by atoms with Crippen LogP contribution in [0.5, 0.6) is 23.0 Å². The summed E-state index contributed by atoms with van der Waals surface area (Å²) in [5.41, 5.74) is 9.02. The highest BCUT2D eigenvalue weighted by atomic mass is 16.7. The number of benzene rings is 3. The van der Waals surface area contributed by atoms with E-state index < -0.39 is 0 Å². The van der Waals surface area contributed by atoms with E-state index >= 15 is 0 Å². The van der Waals surface area contributed by atoms with Gasteiger partial charge in [-0.1, -0.05) is 36.4 Å². The molecule has 6 rings (SSSR count). The van der Waals surface area contributed by atoms with Crippen molar-refractivity contribution in [3.63, 3.8) is 0 Å². The van der Waals surface area contributed by atoms with E-state index in [0.717, 1.165) is 48.8 Å². The van der Waals surface area contributed by atoms with Gasteiger partial charge in [0.25, 0.3) is 0 Å². The van der Waals surface area contributed by atoms with Crippen LogP contribution in [0.15, 0.2) is 54.6 Å². The lowest BCUT2D eigenvalue weighted by molar-refractivity contribution is 0.174. The Bertz CT molecular complexity index is 1280. The van der Waals surface area contributed by atoms with E-state index in [9.17, 15) is 0 Å². The van der Waals surface area contributed by atoms with E-state index in [1.54, 1.807) is 14.2 Å². The van der Waals surface area contributed by atoms with Gasteiger partial charge in [-0.2, -0.15) is 0 Å². The van der Waals surface area contributed by atoms with E-state index in [1.165, 1.54) is 39.1 Å². The van der Waals surface area contributed by atoms with Crippen LogP contribution in [0.2, 0.25) is 0 Å². The zero-order valence-corrected chi connectivity index (χ0v) is 19.9. The van der Waals surface area contributed by atoms with Crippen molar-refractivity contribution in [2.75, 3.05) is 27.6 Å². The van der Waals surface area contributed by atoms with E-state index in [4.69, 9.17) is 18.9 Å². The summed E-state index contributed by atoms with van der Waals surface area (Å²) >= 11 is 0. The van der Waals surface area contributed by atoms with Crippen molar-refractivity contribution in [1.82, 2.24) is 4.90 Å². The minimum absolute atomic E-state index is 0.161. The predicted octanol–water partition coefficient (Wildman–Crippen LogP) is 5.87. The first-order valence-corrected chi connectivity index (χ1v) is 11.9. The SMILES string of the molecule is COc1ccc2c(c1OC)[C@H](C)N1CCc3cc4c(cc3C1=C2CCc1ccccc1)OCO4. The molecule has 0 N–H and O–H groups in total.